The molecule has 0 aromatic heterocycles. The molecule has 0 fully saturated rings. The van der Waals surface area contributed by atoms with E-state index < -0.39 is 5.82 Å². The molecular formula is C9H9ClFNO3. The van der Waals surface area contributed by atoms with Crippen molar-refractivity contribution in [2.24, 2.45) is 5.90 Å². The quantitative estimate of drug-likeness (QED) is 0.789. The number of fused-ring (bicyclic) bond motifs is 1. The molecule has 0 amide bonds. The van der Waals surface area contributed by atoms with Crippen molar-refractivity contribution in [3.63, 3.8) is 0 Å². The number of ether oxygens (including phenoxy) is 2. The van der Waals surface area contributed by atoms with Crippen molar-refractivity contribution in [1.29, 1.82) is 0 Å². The van der Waals surface area contributed by atoms with Gasteiger partial charge in [0, 0.05) is 5.56 Å². The topological polar surface area (TPSA) is 53.7 Å². The standard InChI is InChI=1S/C9H9ClFNO3/c10-7-8(11)5(4-15-12)3-6-9(7)14-2-1-13-6/h3H,1-2,4,12H2. The van der Waals surface area contributed by atoms with Crippen molar-refractivity contribution < 1.29 is 18.7 Å². The largest absolute Gasteiger partial charge is 0.486 e. The predicted octanol–water partition coefficient (Wildman–Crippen LogP) is 1.64. The van der Waals surface area contributed by atoms with E-state index >= 15 is 0 Å². The Balaban J connectivity index is 2.47. The van der Waals surface area contributed by atoms with Gasteiger partial charge in [-0.15, -0.1) is 0 Å². The van der Waals surface area contributed by atoms with E-state index in [0.717, 1.165) is 0 Å². The molecule has 2 rings (SSSR count). The first-order valence-corrected chi connectivity index (χ1v) is 4.70. The van der Waals surface area contributed by atoms with Crippen molar-refractivity contribution in [1.82, 2.24) is 0 Å². The molecule has 0 bridgehead atoms. The van der Waals surface area contributed by atoms with Gasteiger partial charge >= 0.3 is 0 Å². The minimum absolute atomic E-state index is 0.0673. The third-order valence-corrected chi connectivity index (χ3v) is 2.37. The fraction of sp³-hybridized carbons (Fsp3) is 0.333. The Morgan fingerprint density at radius 1 is 1.47 bits per heavy atom. The summed E-state index contributed by atoms with van der Waals surface area (Å²) in [6.07, 6.45) is 0. The molecule has 1 heterocycles. The number of nitrogens with two attached hydrogens (primary N) is 1. The second kappa shape index (κ2) is 4.22. The maximum Gasteiger partial charge on any atom is 0.182 e. The summed E-state index contributed by atoms with van der Waals surface area (Å²) in [6.45, 7) is 0.707. The van der Waals surface area contributed by atoms with E-state index in [1.807, 2.05) is 0 Å². The van der Waals surface area contributed by atoms with Gasteiger partial charge in [-0.25, -0.2) is 10.3 Å². The average Bonchev–Trinajstić information content (AvgIpc) is 2.26. The molecule has 1 aliphatic heterocycles. The van der Waals surface area contributed by atoms with Gasteiger partial charge in [0.2, 0.25) is 0 Å². The first-order valence-electron chi connectivity index (χ1n) is 4.32. The summed E-state index contributed by atoms with van der Waals surface area (Å²) in [7, 11) is 0. The Hall–Kier alpha value is -1.04. The Morgan fingerprint density at radius 2 is 2.20 bits per heavy atom. The molecule has 0 unspecified atom stereocenters. The summed E-state index contributed by atoms with van der Waals surface area (Å²) >= 11 is 5.78. The number of hydrogen-bond donors (Lipinski definition) is 1. The summed E-state index contributed by atoms with van der Waals surface area (Å²) in [5.74, 6) is 4.94. The number of hydrogen-bond acceptors (Lipinski definition) is 4. The summed E-state index contributed by atoms with van der Waals surface area (Å²) in [4.78, 5) is 4.36. The van der Waals surface area contributed by atoms with Crippen LogP contribution < -0.4 is 15.4 Å². The molecular weight excluding hydrogens is 225 g/mol. The van der Waals surface area contributed by atoms with E-state index in [0.29, 0.717) is 19.0 Å². The van der Waals surface area contributed by atoms with Crippen molar-refractivity contribution in [2.75, 3.05) is 13.2 Å². The highest BCUT2D eigenvalue weighted by Gasteiger charge is 2.21. The van der Waals surface area contributed by atoms with E-state index in [1.165, 1.54) is 6.07 Å². The number of benzene rings is 1. The highest BCUT2D eigenvalue weighted by molar-refractivity contribution is 6.32. The van der Waals surface area contributed by atoms with Crippen LogP contribution in [0.15, 0.2) is 6.07 Å². The summed E-state index contributed by atoms with van der Waals surface area (Å²) in [6, 6.07) is 1.47. The predicted molar refractivity (Wildman–Crippen MR) is 51.4 cm³/mol. The van der Waals surface area contributed by atoms with E-state index in [4.69, 9.17) is 27.0 Å². The Kier molecular flexibility index (Phi) is 2.95. The summed E-state index contributed by atoms with van der Waals surface area (Å²) in [5, 5.41) is -0.0979. The van der Waals surface area contributed by atoms with Crippen molar-refractivity contribution in [3.05, 3.63) is 22.5 Å². The van der Waals surface area contributed by atoms with Gasteiger partial charge in [-0.3, -0.25) is 4.84 Å². The third-order valence-electron chi connectivity index (χ3n) is 2.03. The number of halogens is 2. The highest BCUT2D eigenvalue weighted by atomic mass is 35.5. The third kappa shape index (κ3) is 1.86. The molecule has 6 heteroatoms. The van der Waals surface area contributed by atoms with Gasteiger partial charge in [-0.1, -0.05) is 11.6 Å². The van der Waals surface area contributed by atoms with Crippen LogP contribution in [0.1, 0.15) is 5.56 Å². The van der Waals surface area contributed by atoms with Gasteiger partial charge in [-0.2, -0.15) is 0 Å². The molecule has 1 aromatic rings. The molecule has 0 saturated heterocycles. The number of rotatable bonds is 2. The molecule has 0 spiro atoms. The van der Waals surface area contributed by atoms with Crippen molar-refractivity contribution in [2.45, 2.75) is 6.61 Å². The fourth-order valence-corrected chi connectivity index (χ4v) is 1.64. The Morgan fingerprint density at radius 3 is 2.93 bits per heavy atom. The van der Waals surface area contributed by atoms with Gasteiger partial charge < -0.3 is 9.47 Å². The molecule has 0 radical (unpaired) electrons. The molecule has 2 N–H and O–H groups in total. The molecule has 15 heavy (non-hydrogen) atoms. The molecule has 0 aliphatic carbocycles. The van der Waals surface area contributed by atoms with Crippen LogP contribution in [0.5, 0.6) is 11.5 Å². The normalized spacial score (nSPS) is 14.1. The van der Waals surface area contributed by atoms with Crippen LogP contribution >= 0.6 is 11.6 Å². The minimum Gasteiger partial charge on any atom is -0.486 e. The van der Waals surface area contributed by atoms with E-state index in [-0.39, 0.29) is 22.9 Å². The SMILES string of the molecule is NOCc1cc2c(c(Cl)c1F)OCCO2. The Bertz CT molecular complexity index is 386. The zero-order chi connectivity index (χ0) is 10.8. The van der Waals surface area contributed by atoms with Crippen molar-refractivity contribution >= 4 is 11.6 Å². The lowest BCUT2D eigenvalue weighted by atomic mass is 10.2. The maximum absolute atomic E-state index is 13.6. The zero-order valence-electron chi connectivity index (χ0n) is 7.76. The van der Waals surface area contributed by atoms with Crippen LogP contribution in [0, 0.1) is 5.82 Å². The van der Waals surface area contributed by atoms with Crippen LogP contribution in [-0.4, -0.2) is 13.2 Å². The van der Waals surface area contributed by atoms with Crippen LogP contribution in [0.4, 0.5) is 4.39 Å². The minimum atomic E-state index is -0.591. The maximum atomic E-state index is 13.6. The smallest absolute Gasteiger partial charge is 0.182 e. The average molecular weight is 234 g/mol. The molecule has 0 saturated carbocycles. The highest BCUT2D eigenvalue weighted by Crippen LogP contribution is 2.40. The lowest BCUT2D eigenvalue weighted by Crippen LogP contribution is -2.16. The van der Waals surface area contributed by atoms with Crippen LogP contribution in [0.25, 0.3) is 0 Å². The Labute approximate surface area is 90.6 Å². The zero-order valence-corrected chi connectivity index (χ0v) is 8.51. The van der Waals surface area contributed by atoms with E-state index in [1.54, 1.807) is 0 Å². The van der Waals surface area contributed by atoms with Crippen LogP contribution in [0.3, 0.4) is 0 Å². The lowest BCUT2D eigenvalue weighted by Gasteiger charge is -2.20. The molecule has 4 nitrogen and oxygen atoms in total. The fourth-order valence-electron chi connectivity index (χ4n) is 1.37. The second-order valence-electron chi connectivity index (χ2n) is 3.00. The molecule has 0 atom stereocenters. The van der Waals surface area contributed by atoms with E-state index in [2.05, 4.69) is 4.84 Å². The monoisotopic (exact) mass is 233 g/mol. The van der Waals surface area contributed by atoms with Crippen LogP contribution in [-0.2, 0) is 11.4 Å². The van der Waals surface area contributed by atoms with Gasteiger partial charge in [0.1, 0.15) is 18.2 Å². The van der Waals surface area contributed by atoms with E-state index in [9.17, 15) is 4.39 Å². The summed E-state index contributed by atoms with van der Waals surface area (Å²) in [5.41, 5.74) is 0.242. The van der Waals surface area contributed by atoms with Crippen molar-refractivity contribution in [3.8, 4) is 11.5 Å². The summed E-state index contributed by atoms with van der Waals surface area (Å²) < 4.78 is 24.0. The molecule has 1 aliphatic rings. The van der Waals surface area contributed by atoms with Gasteiger partial charge in [0.05, 0.1) is 6.61 Å². The molecule has 82 valence electrons. The van der Waals surface area contributed by atoms with Gasteiger partial charge in [-0.05, 0) is 6.07 Å². The first-order chi connectivity index (χ1) is 7.24. The van der Waals surface area contributed by atoms with Gasteiger partial charge in [0.25, 0.3) is 0 Å². The lowest BCUT2D eigenvalue weighted by molar-refractivity contribution is 0.120. The van der Waals surface area contributed by atoms with Crippen LogP contribution in [0.2, 0.25) is 5.02 Å². The molecule has 1 aromatic carbocycles. The van der Waals surface area contributed by atoms with Gasteiger partial charge in [0.15, 0.2) is 17.3 Å². The second-order valence-corrected chi connectivity index (χ2v) is 3.38. The first kappa shape index (κ1) is 10.5.